The van der Waals surface area contributed by atoms with Crippen molar-refractivity contribution in [1.82, 2.24) is 9.55 Å². The third kappa shape index (κ3) is 4.93. The topological polar surface area (TPSA) is 55.1 Å². The van der Waals surface area contributed by atoms with E-state index in [4.69, 9.17) is 0 Å². The lowest BCUT2D eigenvalue weighted by Crippen LogP contribution is -2.17. The molecule has 1 aromatic carbocycles. The molecule has 0 saturated heterocycles. The van der Waals surface area contributed by atoms with E-state index >= 15 is 0 Å². The zero-order chi connectivity index (χ0) is 15.1. The summed E-state index contributed by atoms with van der Waals surface area (Å²) in [5, 5.41) is 8.95. The number of aromatic nitrogens is 2. The Morgan fingerprint density at radius 3 is 2.76 bits per heavy atom. The number of hydrogen-bond acceptors (Lipinski definition) is 3. The van der Waals surface area contributed by atoms with Crippen LogP contribution in [0.4, 0.5) is 0 Å². The summed E-state index contributed by atoms with van der Waals surface area (Å²) in [4.78, 5) is 15.6. The lowest BCUT2D eigenvalue weighted by atomic mass is 10.1. The molecule has 1 unspecified atom stereocenters. The van der Waals surface area contributed by atoms with Gasteiger partial charge in [0.25, 0.3) is 0 Å². The molecular weight excluding hydrogens is 284 g/mol. The van der Waals surface area contributed by atoms with Gasteiger partial charge in [0.2, 0.25) is 0 Å². The van der Waals surface area contributed by atoms with Crippen molar-refractivity contribution in [3.05, 3.63) is 54.1 Å². The van der Waals surface area contributed by atoms with Crippen LogP contribution in [-0.2, 0) is 24.0 Å². The maximum absolute atomic E-state index is 11.3. The van der Waals surface area contributed by atoms with Crippen LogP contribution in [0.1, 0.15) is 24.2 Å². The fourth-order valence-corrected chi connectivity index (χ4v) is 3.23. The number of thioether (sulfide) groups is 1. The van der Waals surface area contributed by atoms with Crippen LogP contribution in [0, 0.1) is 0 Å². The summed E-state index contributed by atoms with van der Waals surface area (Å²) >= 11 is 1.45. The molecule has 1 heterocycles. The standard InChI is InChI=1S/C16H20N2O2S/c1-18-11-10-17-15(18)12-21-14(16(19)20)9-5-8-13-6-3-2-4-7-13/h2-4,6-7,10-11,14H,5,8-9,12H2,1H3,(H,19,20). The van der Waals surface area contributed by atoms with E-state index in [1.165, 1.54) is 17.3 Å². The summed E-state index contributed by atoms with van der Waals surface area (Å²) in [5.74, 6) is 0.808. The second-order valence-corrected chi connectivity index (χ2v) is 6.16. The van der Waals surface area contributed by atoms with Crippen LogP contribution in [0.5, 0.6) is 0 Å². The summed E-state index contributed by atoms with van der Waals surface area (Å²) in [5.41, 5.74) is 1.26. The maximum atomic E-state index is 11.3. The Morgan fingerprint density at radius 1 is 1.38 bits per heavy atom. The average Bonchev–Trinajstić information content (AvgIpc) is 2.89. The minimum atomic E-state index is -0.734. The Morgan fingerprint density at radius 2 is 2.14 bits per heavy atom. The number of carbonyl (C=O) groups is 1. The molecular formula is C16H20N2O2S. The van der Waals surface area contributed by atoms with Gasteiger partial charge >= 0.3 is 5.97 Å². The zero-order valence-corrected chi connectivity index (χ0v) is 12.9. The van der Waals surface area contributed by atoms with Crippen LogP contribution in [0.3, 0.4) is 0 Å². The van der Waals surface area contributed by atoms with Crippen LogP contribution < -0.4 is 0 Å². The van der Waals surface area contributed by atoms with E-state index in [0.717, 1.165) is 18.7 Å². The van der Waals surface area contributed by atoms with Crippen molar-refractivity contribution in [2.75, 3.05) is 0 Å². The van der Waals surface area contributed by atoms with Crippen molar-refractivity contribution in [2.45, 2.75) is 30.3 Å². The third-order valence-electron chi connectivity index (χ3n) is 3.38. The summed E-state index contributed by atoms with van der Waals surface area (Å²) in [6.07, 6.45) is 6.10. The quantitative estimate of drug-likeness (QED) is 0.814. The lowest BCUT2D eigenvalue weighted by Gasteiger charge is -2.12. The predicted octanol–water partition coefficient (Wildman–Crippen LogP) is 3.13. The molecule has 0 bridgehead atoms. The van der Waals surface area contributed by atoms with E-state index in [1.807, 2.05) is 36.0 Å². The van der Waals surface area contributed by atoms with Crippen molar-refractivity contribution < 1.29 is 9.90 Å². The van der Waals surface area contributed by atoms with Gasteiger partial charge in [0.1, 0.15) is 11.1 Å². The Labute approximate surface area is 129 Å². The molecule has 1 aromatic heterocycles. The van der Waals surface area contributed by atoms with Crippen molar-refractivity contribution in [1.29, 1.82) is 0 Å². The molecule has 21 heavy (non-hydrogen) atoms. The molecule has 0 radical (unpaired) electrons. The highest BCUT2D eigenvalue weighted by Gasteiger charge is 2.18. The van der Waals surface area contributed by atoms with Gasteiger partial charge in [0.05, 0.1) is 5.75 Å². The fraction of sp³-hybridized carbons (Fsp3) is 0.375. The van der Waals surface area contributed by atoms with Crippen molar-refractivity contribution in [3.63, 3.8) is 0 Å². The molecule has 0 saturated carbocycles. The normalized spacial score (nSPS) is 12.2. The monoisotopic (exact) mass is 304 g/mol. The summed E-state index contributed by atoms with van der Waals surface area (Å²) < 4.78 is 1.93. The van der Waals surface area contributed by atoms with E-state index in [9.17, 15) is 9.90 Å². The molecule has 1 atom stereocenters. The summed E-state index contributed by atoms with van der Waals surface area (Å²) in [6.45, 7) is 0. The SMILES string of the molecule is Cn1ccnc1CSC(CCCc1ccccc1)C(=O)O. The zero-order valence-electron chi connectivity index (χ0n) is 12.1. The molecule has 112 valence electrons. The van der Waals surface area contributed by atoms with Crippen molar-refractivity contribution >= 4 is 17.7 Å². The van der Waals surface area contributed by atoms with Gasteiger partial charge in [0.15, 0.2) is 0 Å². The molecule has 5 heteroatoms. The summed E-state index contributed by atoms with van der Waals surface area (Å²) in [6, 6.07) is 10.2. The van der Waals surface area contributed by atoms with Gasteiger partial charge in [-0.25, -0.2) is 4.98 Å². The van der Waals surface area contributed by atoms with E-state index in [1.54, 1.807) is 6.20 Å². The maximum Gasteiger partial charge on any atom is 0.316 e. The molecule has 0 aliphatic heterocycles. The molecule has 0 fully saturated rings. The first kappa shape index (κ1) is 15.6. The first-order valence-electron chi connectivity index (χ1n) is 7.01. The molecule has 0 aliphatic carbocycles. The van der Waals surface area contributed by atoms with E-state index < -0.39 is 5.97 Å². The van der Waals surface area contributed by atoms with Crippen LogP contribution >= 0.6 is 11.8 Å². The lowest BCUT2D eigenvalue weighted by molar-refractivity contribution is -0.136. The smallest absolute Gasteiger partial charge is 0.316 e. The van der Waals surface area contributed by atoms with Crippen molar-refractivity contribution in [2.24, 2.45) is 7.05 Å². The molecule has 0 amide bonds. The van der Waals surface area contributed by atoms with Crippen LogP contribution in [0.2, 0.25) is 0 Å². The first-order valence-corrected chi connectivity index (χ1v) is 8.06. The number of benzene rings is 1. The summed E-state index contributed by atoms with van der Waals surface area (Å²) in [7, 11) is 1.92. The van der Waals surface area contributed by atoms with E-state index in [-0.39, 0.29) is 5.25 Å². The van der Waals surface area contributed by atoms with Gasteiger partial charge in [-0.1, -0.05) is 30.3 Å². The average molecular weight is 304 g/mol. The van der Waals surface area contributed by atoms with Gasteiger partial charge in [0, 0.05) is 19.4 Å². The van der Waals surface area contributed by atoms with Gasteiger partial charge in [-0.2, -0.15) is 0 Å². The molecule has 1 N–H and O–H groups in total. The largest absolute Gasteiger partial charge is 0.480 e. The number of nitrogens with zero attached hydrogens (tertiary/aromatic N) is 2. The fourth-order valence-electron chi connectivity index (χ4n) is 2.13. The minimum absolute atomic E-state index is 0.370. The predicted molar refractivity (Wildman–Crippen MR) is 85.3 cm³/mol. The number of carboxylic acids is 1. The number of imidazole rings is 1. The third-order valence-corrected chi connectivity index (χ3v) is 4.65. The minimum Gasteiger partial charge on any atom is -0.480 e. The highest BCUT2D eigenvalue weighted by Crippen LogP contribution is 2.22. The second-order valence-electron chi connectivity index (χ2n) is 4.97. The van der Waals surface area contributed by atoms with Crippen molar-refractivity contribution in [3.8, 4) is 0 Å². The number of aryl methyl sites for hydroxylation is 2. The highest BCUT2D eigenvalue weighted by atomic mass is 32.2. The van der Waals surface area contributed by atoms with E-state index in [2.05, 4.69) is 17.1 Å². The highest BCUT2D eigenvalue weighted by molar-refractivity contribution is 7.99. The second kappa shape index (κ2) is 7.88. The van der Waals surface area contributed by atoms with Gasteiger partial charge in [-0.15, -0.1) is 11.8 Å². The van der Waals surface area contributed by atoms with Gasteiger partial charge in [-0.3, -0.25) is 4.79 Å². The molecule has 4 nitrogen and oxygen atoms in total. The number of hydrogen-bond donors (Lipinski definition) is 1. The Balaban J connectivity index is 1.79. The number of carboxylic acid groups (broad SMARTS) is 1. The van der Waals surface area contributed by atoms with Crippen LogP contribution in [0.15, 0.2) is 42.7 Å². The Hall–Kier alpha value is -1.75. The van der Waals surface area contributed by atoms with Gasteiger partial charge in [-0.05, 0) is 24.8 Å². The number of aliphatic carboxylic acids is 1. The molecule has 2 aromatic rings. The van der Waals surface area contributed by atoms with E-state index in [0.29, 0.717) is 12.2 Å². The Kier molecular flexibility index (Phi) is 5.87. The molecule has 2 rings (SSSR count). The van der Waals surface area contributed by atoms with Crippen LogP contribution in [-0.4, -0.2) is 25.9 Å². The first-order chi connectivity index (χ1) is 10.2. The number of rotatable bonds is 8. The van der Waals surface area contributed by atoms with Crippen LogP contribution in [0.25, 0.3) is 0 Å². The molecule has 0 spiro atoms. The Bertz CT molecular complexity index is 569. The molecule has 0 aliphatic rings. The van der Waals surface area contributed by atoms with Gasteiger partial charge < -0.3 is 9.67 Å².